The lowest BCUT2D eigenvalue weighted by Gasteiger charge is -2.28. The molecule has 0 bridgehead atoms. The number of aromatic hydroxyl groups is 1. The van der Waals surface area contributed by atoms with Crippen molar-refractivity contribution < 1.29 is 9.50 Å². The molecular weight excluding hydrogens is 345 g/mol. The first kappa shape index (κ1) is 17.4. The minimum atomic E-state index is -0.473. The number of halogens is 2. The van der Waals surface area contributed by atoms with Gasteiger partial charge in [-0.15, -0.1) is 0 Å². The van der Waals surface area contributed by atoms with E-state index in [1.165, 1.54) is 6.21 Å². The van der Waals surface area contributed by atoms with Crippen LogP contribution in [0.1, 0.15) is 5.56 Å². The Morgan fingerprint density at radius 3 is 2.92 bits per heavy atom. The molecular formula is C15H17BClFN6O. The molecule has 7 nitrogen and oxygen atoms in total. The van der Waals surface area contributed by atoms with Crippen molar-refractivity contribution in [1.29, 1.82) is 0 Å². The summed E-state index contributed by atoms with van der Waals surface area (Å²) in [6.07, 6.45) is 2.52. The standard InChI is InChI=1S/C15H17BClFN6O/c16-10-5-9(13(25)11(17)6-10)7-21-23-15-20-8-12(18)14(22-15)24-3-1-19-2-4-24/h5-8,19,25H,1-4,16H2,(H,20,22,23)/b21-7+. The monoisotopic (exact) mass is 362 g/mol. The molecule has 0 atom stereocenters. The van der Waals surface area contributed by atoms with E-state index in [0.717, 1.165) is 24.7 Å². The van der Waals surface area contributed by atoms with E-state index < -0.39 is 5.82 Å². The third kappa shape index (κ3) is 4.18. The molecule has 3 rings (SSSR count). The Morgan fingerprint density at radius 2 is 2.16 bits per heavy atom. The number of nitrogens with zero attached hydrogens (tertiary/aromatic N) is 4. The molecule has 25 heavy (non-hydrogen) atoms. The van der Waals surface area contributed by atoms with Gasteiger partial charge in [0.2, 0.25) is 5.95 Å². The number of anilines is 2. The van der Waals surface area contributed by atoms with Gasteiger partial charge in [-0.1, -0.05) is 23.1 Å². The van der Waals surface area contributed by atoms with E-state index >= 15 is 0 Å². The number of phenols is 1. The minimum absolute atomic E-state index is 0.0562. The Kier molecular flexibility index (Phi) is 5.35. The summed E-state index contributed by atoms with van der Waals surface area (Å²) in [6, 6.07) is 3.40. The largest absolute Gasteiger partial charge is 0.506 e. The maximum Gasteiger partial charge on any atom is 0.245 e. The van der Waals surface area contributed by atoms with E-state index in [1.807, 2.05) is 12.7 Å². The van der Waals surface area contributed by atoms with E-state index in [4.69, 9.17) is 11.6 Å². The Hall–Kier alpha value is -2.39. The molecule has 0 saturated carbocycles. The number of phenolic OH excluding ortho intramolecular Hbond substituents is 1. The van der Waals surface area contributed by atoms with Gasteiger partial charge >= 0.3 is 0 Å². The van der Waals surface area contributed by atoms with E-state index in [1.54, 1.807) is 12.1 Å². The molecule has 0 unspecified atom stereocenters. The second-order valence-corrected chi connectivity index (χ2v) is 6.06. The highest BCUT2D eigenvalue weighted by atomic mass is 35.5. The predicted octanol–water partition coefficient (Wildman–Crippen LogP) is 0.0887. The normalized spacial score (nSPS) is 14.9. The molecule has 1 aliphatic rings. The van der Waals surface area contributed by atoms with Crippen molar-refractivity contribution in [2.24, 2.45) is 5.10 Å². The van der Waals surface area contributed by atoms with Crippen LogP contribution in [0.3, 0.4) is 0 Å². The van der Waals surface area contributed by atoms with Crippen molar-refractivity contribution >= 4 is 42.9 Å². The van der Waals surface area contributed by atoms with Crippen molar-refractivity contribution in [3.8, 4) is 5.75 Å². The molecule has 10 heteroatoms. The van der Waals surface area contributed by atoms with Gasteiger partial charge in [0.1, 0.15) is 13.6 Å². The maximum atomic E-state index is 14.0. The molecule has 0 radical (unpaired) electrons. The van der Waals surface area contributed by atoms with Crippen molar-refractivity contribution in [3.63, 3.8) is 0 Å². The highest BCUT2D eigenvalue weighted by Gasteiger charge is 2.17. The van der Waals surface area contributed by atoms with Crippen LogP contribution in [-0.2, 0) is 0 Å². The quantitative estimate of drug-likeness (QED) is 0.406. The van der Waals surface area contributed by atoms with Gasteiger partial charge in [-0.25, -0.2) is 14.8 Å². The van der Waals surface area contributed by atoms with Crippen molar-refractivity contribution in [2.75, 3.05) is 36.5 Å². The first-order valence-electron chi connectivity index (χ1n) is 7.81. The SMILES string of the molecule is Bc1cc(Cl)c(O)c(/C=N/Nc2ncc(F)c(N3CCNCC3)n2)c1. The number of hydrogen-bond donors (Lipinski definition) is 3. The number of aromatic nitrogens is 2. The Bertz CT molecular complexity index is 800. The lowest BCUT2D eigenvalue weighted by Crippen LogP contribution is -2.44. The first-order chi connectivity index (χ1) is 12.0. The minimum Gasteiger partial charge on any atom is -0.506 e. The third-order valence-electron chi connectivity index (χ3n) is 3.75. The first-order valence-corrected chi connectivity index (χ1v) is 8.19. The zero-order valence-corrected chi connectivity index (χ0v) is 14.4. The van der Waals surface area contributed by atoms with Crippen LogP contribution in [0.25, 0.3) is 0 Å². The van der Waals surface area contributed by atoms with Gasteiger partial charge in [-0.3, -0.25) is 0 Å². The molecule has 1 aliphatic heterocycles. The fourth-order valence-electron chi connectivity index (χ4n) is 2.53. The highest BCUT2D eigenvalue weighted by molar-refractivity contribution is 6.37. The van der Waals surface area contributed by atoms with Crippen LogP contribution in [0.5, 0.6) is 5.75 Å². The second-order valence-electron chi connectivity index (χ2n) is 5.66. The molecule has 0 aliphatic carbocycles. The smallest absolute Gasteiger partial charge is 0.245 e. The van der Waals surface area contributed by atoms with Gasteiger partial charge in [0.05, 0.1) is 17.4 Å². The topological polar surface area (TPSA) is 85.7 Å². The van der Waals surface area contributed by atoms with E-state index in [2.05, 4.69) is 25.8 Å². The predicted molar refractivity (Wildman–Crippen MR) is 99.6 cm³/mol. The Balaban J connectivity index is 1.75. The fraction of sp³-hybridized carbons (Fsp3) is 0.267. The molecule has 1 aromatic heterocycles. The summed E-state index contributed by atoms with van der Waals surface area (Å²) in [6.45, 7) is 2.90. The Morgan fingerprint density at radius 1 is 1.40 bits per heavy atom. The molecule has 130 valence electrons. The van der Waals surface area contributed by atoms with Crippen LogP contribution >= 0.6 is 11.6 Å². The summed E-state index contributed by atoms with van der Waals surface area (Å²) < 4.78 is 14.0. The number of hydrogen-bond acceptors (Lipinski definition) is 7. The molecule has 0 spiro atoms. The summed E-state index contributed by atoms with van der Waals surface area (Å²) in [5, 5.41) is 17.4. The van der Waals surface area contributed by atoms with Gasteiger partial charge in [0.25, 0.3) is 0 Å². The number of benzene rings is 1. The maximum absolute atomic E-state index is 14.0. The van der Waals surface area contributed by atoms with E-state index in [9.17, 15) is 9.50 Å². The molecule has 1 saturated heterocycles. The molecule has 1 fully saturated rings. The van der Waals surface area contributed by atoms with E-state index in [0.29, 0.717) is 18.7 Å². The zero-order chi connectivity index (χ0) is 17.8. The summed E-state index contributed by atoms with van der Waals surface area (Å²) in [5.74, 6) is -0.112. The number of piperazine rings is 1. The summed E-state index contributed by atoms with van der Waals surface area (Å²) in [5.41, 5.74) is 4.00. The van der Waals surface area contributed by atoms with Gasteiger partial charge in [-0.05, 0) is 6.07 Å². The summed E-state index contributed by atoms with van der Waals surface area (Å²) in [7, 11) is 1.86. The van der Waals surface area contributed by atoms with Crippen LogP contribution in [0.4, 0.5) is 16.2 Å². The zero-order valence-electron chi connectivity index (χ0n) is 13.6. The van der Waals surface area contributed by atoms with Crippen LogP contribution < -0.4 is 21.1 Å². The van der Waals surface area contributed by atoms with Crippen molar-refractivity contribution in [3.05, 3.63) is 34.7 Å². The molecule has 3 N–H and O–H groups in total. The molecule has 2 aromatic rings. The molecule has 2 heterocycles. The second kappa shape index (κ2) is 7.67. The van der Waals surface area contributed by atoms with Gasteiger partial charge in [0, 0.05) is 31.7 Å². The highest BCUT2D eigenvalue weighted by Crippen LogP contribution is 2.24. The third-order valence-corrected chi connectivity index (χ3v) is 4.04. The number of hydrazone groups is 1. The Labute approximate surface area is 150 Å². The van der Waals surface area contributed by atoms with Crippen LogP contribution in [-0.4, -0.2) is 55.3 Å². The van der Waals surface area contributed by atoms with Gasteiger partial charge in [-0.2, -0.15) is 10.1 Å². The van der Waals surface area contributed by atoms with Crippen molar-refractivity contribution in [1.82, 2.24) is 15.3 Å². The molecule has 1 aromatic carbocycles. The average molecular weight is 363 g/mol. The lowest BCUT2D eigenvalue weighted by atomic mass is 9.94. The van der Waals surface area contributed by atoms with Gasteiger partial charge in [0.15, 0.2) is 11.6 Å². The lowest BCUT2D eigenvalue weighted by molar-refractivity contribution is 0.475. The van der Waals surface area contributed by atoms with Crippen LogP contribution in [0, 0.1) is 5.82 Å². The van der Waals surface area contributed by atoms with Crippen molar-refractivity contribution in [2.45, 2.75) is 0 Å². The van der Waals surface area contributed by atoms with Crippen LogP contribution in [0.15, 0.2) is 23.4 Å². The fourth-order valence-corrected chi connectivity index (χ4v) is 2.81. The van der Waals surface area contributed by atoms with E-state index in [-0.39, 0.29) is 22.5 Å². The van der Waals surface area contributed by atoms with Crippen LogP contribution in [0.2, 0.25) is 5.02 Å². The number of rotatable bonds is 4. The summed E-state index contributed by atoms with van der Waals surface area (Å²) in [4.78, 5) is 9.92. The molecule has 0 amide bonds. The van der Waals surface area contributed by atoms with Gasteiger partial charge < -0.3 is 15.3 Å². The average Bonchev–Trinajstić information content (AvgIpc) is 2.61. The number of nitrogens with one attached hydrogen (secondary N) is 2. The summed E-state index contributed by atoms with van der Waals surface area (Å²) >= 11 is 5.93.